The Morgan fingerprint density at radius 2 is 1.64 bits per heavy atom. The summed E-state index contributed by atoms with van der Waals surface area (Å²) in [6.45, 7) is 2.71. The minimum absolute atomic E-state index is 0.0514. The predicted molar refractivity (Wildman–Crippen MR) is 106 cm³/mol. The molecule has 0 bridgehead atoms. The second-order valence-electron chi connectivity index (χ2n) is 6.61. The van der Waals surface area contributed by atoms with Crippen molar-refractivity contribution in [1.29, 1.82) is 0 Å². The Kier molecular flexibility index (Phi) is 6.37. The average molecular weight is 383 g/mol. The van der Waals surface area contributed by atoms with Crippen LogP contribution in [0.1, 0.15) is 18.1 Å². The molecule has 1 aliphatic rings. The number of nitrogens with zero attached hydrogens (tertiary/aromatic N) is 2. The summed E-state index contributed by atoms with van der Waals surface area (Å²) in [5, 5.41) is 0. The van der Waals surface area contributed by atoms with E-state index in [-0.39, 0.29) is 12.3 Å². The molecule has 0 aromatic heterocycles. The summed E-state index contributed by atoms with van der Waals surface area (Å²) >= 11 is 0. The molecule has 0 radical (unpaired) electrons. The first-order valence-corrected chi connectivity index (χ1v) is 9.24. The van der Waals surface area contributed by atoms with Gasteiger partial charge in [-0.1, -0.05) is 30.3 Å². The van der Waals surface area contributed by atoms with Gasteiger partial charge in [0.1, 0.15) is 11.9 Å². The van der Waals surface area contributed by atoms with Crippen molar-refractivity contribution >= 4 is 17.7 Å². The van der Waals surface area contributed by atoms with Gasteiger partial charge in [-0.15, -0.1) is 0 Å². The van der Waals surface area contributed by atoms with Crippen molar-refractivity contribution in [2.75, 3.05) is 38.2 Å². The number of ether oxygens (including phenoxy) is 2. The van der Waals surface area contributed by atoms with Crippen LogP contribution in [0.4, 0.5) is 10.5 Å². The first-order chi connectivity index (χ1) is 13.6. The van der Waals surface area contributed by atoms with Gasteiger partial charge in [-0.2, -0.15) is 0 Å². The Bertz CT molecular complexity index is 787. The number of benzene rings is 2. The maximum atomic E-state index is 12.7. The van der Waals surface area contributed by atoms with Crippen LogP contribution in [0, 0.1) is 0 Å². The van der Waals surface area contributed by atoms with E-state index in [9.17, 15) is 9.59 Å². The third kappa shape index (κ3) is 4.94. The van der Waals surface area contributed by atoms with Gasteiger partial charge in [0.05, 0.1) is 13.5 Å². The molecule has 2 amide bonds. The molecule has 2 N–H and O–H groups in total. The lowest BCUT2D eigenvalue weighted by molar-refractivity contribution is -0.133. The highest BCUT2D eigenvalue weighted by Crippen LogP contribution is 2.24. The summed E-state index contributed by atoms with van der Waals surface area (Å²) in [6.07, 6.45) is -1.48. The van der Waals surface area contributed by atoms with E-state index in [0.717, 1.165) is 30.1 Å². The first kappa shape index (κ1) is 19.5. The largest absolute Gasteiger partial charge is 0.497 e. The molecule has 1 saturated heterocycles. The van der Waals surface area contributed by atoms with E-state index in [0.29, 0.717) is 13.1 Å². The zero-order valence-electron chi connectivity index (χ0n) is 15.9. The fourth-order valence-electron chi connectivity index (χ4n) is 3.33. The minimum Gasteiger partial charge on any atom is -0.497 e. The van der Waals surface area contributed by atoms with Crippen molar-refractivity contribution < 1.29 is 19.1 Å². The molecule has 0 aliphatic carbocycles. The molecule has 7 nitrogen and oxygen atoms in total. The number of anilines is 1. The molecule has 7 heteroatoms. The van der Waals surface area contributed by atoms with E-state index < -0.39 is 12.2 Å². The van der Waals surface area contributed by atoms with E-state index in [1.54, 1.807) is 12.0 Å². The molecule has 0 saturated carbocycles. The molecule has 0 unspecified atom stereocenters. The summed E-state index contributed by atoms with van der Waals surface area (Å²) in [6, 6.07) is 17.1. The van der Waals surface area contributed by atoms with E-state index >= 15 is 0 Å². The molecule has 28 heavy (non-hydrogen) atoms. The van der Waals surface area contributed by atoms with Crippen LogP contribution in [-0.2, 0) is 9.53 Å². The molecular weight excluding hydrogens is 358 g/mol. The van der Waals surface area contributed by atoms with E-state index in [4.69, 9.17) is 15.2 Å². The number of rotatable bonds is 6. The smallest absolute Gasteiger partial charge is 0.405 e. The van der Waals surface area contributed by atoms with Crippen LogP contribution >= 0.6 is 0 Å². The summed E-state index contributed by atoms with van der Waals surface area (Å²) in [4.78, 5) is 28.0. The molecule has 148 valence electrons. The van der Waals surface area contributed by atoms with Crippen LogP contribution < -0.4 is 15.4 Å². The number of nitrogens with two attached hydrogens (primary N) is 1. The number of primary amides is 1. The maximum absolute atomic E-state index is 12.7. The van der Waals surface area contributed by atoms with Crippen molar-refractivity contribution in [3.63, 3.8) is 0 Å². The van der Waals surface area contributed by atoms with Crippen molar-refractivity contribution in [2.24, 2.45) is 5.73 Å². The fraction of sp³-hybridized carbons (Fsp3) is 0.333. The van der Waals surface area contributed by atoms with Crippen molar-refractivity contribution in [1.82, 2.24) is 4.90 Å². The quantitative estimate of drug-likeness (QED) is 0.829. The number of carbonyl (C=O) groups excluding carboxylic acids is 2. The molecule has 1 aliphatic heterocycles. The number of hydrogen-bond acceptors (Lipinski definition) is 5. The summed E-state index contributed by atoms with van der Waals surface area (Å²) in [7, 11) is 1.64. The topological polar surface area (TPSA) is 85.1 Å². The molecule has 2 aromatic carbocycles. The molecule has 1 atom stereocenters. The third-order valence-electron chi connectivity index (χ3n) is 4.86. The number of carbonyl (C=O) groups is 2. The van der Waals surface area contributed by atoms with Crippen LogP contribution in [-0.4, -0.2) is 50.2 Å². The highest BCUT2D eigenvalue weighted by atomic mass is 16.6. The van der Waals surface area contributed by atoms with Crippen molar-refractivity contribution in [3.8, 4) is 5.75 Å². The lowest BCUT2D eigenvalue weighted by Gasteiger charge is -2.36. The number of methoxy groups -OCH3 is 1. The molecular formula is C21H25N3O4. The third-order valence-corrected chi connectivity index (χ3v) is 4.86. The van der Waals surface area contributed by atoms with Crippen LogP contribution in [0.15, 0.2) is 54.6 Å². The summed E-state index contributed by atoms with van der Waals surface area (Å²) in [5.74, 6) is 0.767. The Morgan fingerprint density at radius 1 is 1.00 bits per heavy atom. The first-order valence-electron chi connectivity index (χ1n) is 9.24. The van der Waals surface area contributed by atoms with Gasteiger partial charge in [0.2, 0.25) is 5.91 Å². The van der Waals surface area contributed by atoms with Gasteiger partial charge in [0, 0.05) is 31.9 Å². The molecule has 3 rings (SSSR count). The van der Waals surface area contributed by atoms with Gasteiger partial charge < -0.3 is 25.0 Å². The van der Waals surface area contributed by atoms with Crippen LogP contribution in [0.2, 0.25) is 0 Å². The Hall–Kier alpha value is -3.22. The number of piperazine rings is 1. The monoisotopic (exact) mass is 383 g/mol. The SMILES string of the molecule is COc1ccc(N2CCN(C(=O)C[C@H](OC(N)=O)c3ccccc3)CC2)cc1. The van der Waals surface area contributed by atoms with Crippen LogP contribution in [0.5, 0.6) is 5.75 Å². The Labute approximate surface area is 164 Å². The summed E-state index contributed by atoms with van der Waals surface area (Å²) < 4.78 is 10.4. The van der Waals surface area contributed by atoms with Gasteiger partial charge in [0.15, 0.2) is 0 Å². The standard InChI is InChI=1S/C21H25N3O4/c1-27-18-9-7-17(8-10-18)23-11-13-24(14-12-23)20(25)15-19(28-21(22)26)16-5-3-2-4-6-16/h2-10,19H,11-15H2,1H3,(H2,22,26)/t19-/m0/s1. The Balaban J connectivity index is 1.58. The van der Waals surface area contributed by atoms with Crippen LogP contribution in [0.3, 0.4) is 0 Å². The Morgan fingerprint density at radius 3 is 2.21 bits per heavy atom. The molecule has 1 heterocycles. The van der Waals surface area contributed by atoms with E-state index in [1.807, 2.05) is 54.6 Å². The highest BCUT2D eigenvalue weighted by Gasteiger charge is 2.26. The zero-order valence-corrected chi connectivity index (χ0v) is 15.9. The van der Waals surface area contributed by atoms with E-state index in [2.05, 4.69) is 4.90 Å². The number of hydrogen-bond donors (Lipinski definition) is 1. The zero-order chi connectivity index (χ0) is 19.9. The fourth-order valence-corrected chi connectivity index (χ4v) is 3.33. The predicted octanol–water partition coefficient (Wildman–Crippen LogP) is 2.57. The lowest BCUT2D eigenvalue weighted by Crippen LogP contribution is -2.49. The normalized spacial score (nSPS) is 15.0. The van der Waals surface area contributed by atoms with Crippen molar-refractivity contribution in [3.05, 3.63) is 60.2 Å². The van der Waals surface area contributed by atoms with E-state index in [1.165, 1.54) is 0 Å². The second kappa shape index (κ2) is 9.12. The van der Waals surface area contributed by atoms with Gasteiger partial charge in [-0.3, -0.25) is 4.79 Å². The average Bonchev–Trinajstić information content (AvgIpc) is 2.74. The highest BCUT2D eigenvalue weighted by molar-refractivity contribution is 5.78. The molecule has 1 fully saturated rings. The minimum atomic E-state index is -0.883. The van der Waals surface area contributed by atoms with Crippen molar-refractivity contribution in [2.45, 2.75) is 12.5 Å². The second-order valence-corrected chi connectivity index (χ2v) is 6.61. The molecule has 0 spiro atoms. The lowest BCUT2D eigenvalue weighted by atomic mass is 10.1. The maximum Gasteiger partial charge on any atom is 0.405 e. The van der Waals surface area contributed by atoms with Gasteiger partial charge in [0.25, 0.3) is 0 Å². The molecule has 2 aromatic rings. The van der Waals surface area contributed by atoms with Crippen LogP contribution in [0.25, 0.3) is 0 Å². The van der Waals surface area contributed by atoms with Gasteiger partial charge in [-0.25, -0.2) is 4.79 Å². The van der Waals surface area contributed by atoms with Gasteiger partial charge >= 0.3 is 6.09 Å². The number of amides is 2. The summed E-state index contributed by atoms with van der Waals surface area (Å²) in [5.41, 5.74) is 7.05. The van der Waals surface area contributed by atoms with Gasteiger partial charge in [-0.05, 0) is 29.8 Å².